The molecule has 2 aliphatic rings. The molecular weight excluding hydrogens is 330 g/mol. The second kappa shape index (κ2) is 7.38. The zero-order valence-electron chi connectivity index (χ0n) is 13.5. The number of nitrogens with one attached hydrogen (secondary N) is 1. The summed E-state index contributed by atoms with van der Waals surface area (Å²) in [5.41, 5.74) is 0.334. The van der Waals surface area contributed by atoms with Gasteiger partial charge in [-0.25, -0.2) is 4.79 Å². The van der Waals surface area contributed by atoms with Crippen molar-refractivity contribution in [2.45, 2.75) is 51.0 Å². The number of carbonyl (C=O) groups is 1. The number of rotatable bonds is 3. The number of anilines is 1. The predicted octanol–water partition coefficient (Wildman–Crippen LogP) is 4.82. The van der Waals surface area contributed by atoms with E-state index in [1.54, 1.807) is 0 Å². The zero-order valence-corrected chi connectivity index (χ0v) is 14.3. The third-order valence-corrected chi connectivity index (χ3v) is 5.47. The summed E-state index contributed by atoms with van der Waals surface area (Å²) in [5, 5.41) is 13.8. The van der Waals surface area contributed by atoms with Crippen LogP contribution in [-0.4, -0.2) is 28.4 Å². The molecule has 6 nitrogen and oxygen atoms in total. The molecule has 1 saturated carbocycles. The van der Waals surface area contributed by atoms with Crippen molar-refractivity contribution in [1.29, 1.82) is 0 Å². The first kappa shape index (κ1) is 17.0. The molecule has 1 aliphatic heterocycles. The smallest absolute Gasteiger partial charge is 0.321 e. The number of urea groups is 1. The summed E-state index contributed by atoms with van der Waals surface area (Å²) in [6.45, 7) is 0.762. The first-order valence-electron chi connectivity index (χ1n) is 8.58. The van der Waals surface area contributed by atoms with Gasteiger partial charge in [-0.3, -0.25) is 10.1 Å². The van der Waals surface area contributed by atoms with Crippen LogP contribution in [0.2, 0.25) is 5.02 Å². The van der Waals surface area contributed by atoms with Gasteiger partial charge in [0, 0.05) is 24.7 Å². The maximum absolute atomic E-state index is 12.7. The molecule has 1 heterocycles. The van der Waals surface area contributed by atoms with Gasteiger partial charge in [0.15, 0.2) is 0 Å². The minimum atomic E-state index is -0.503. The quantitative estimate of drug-likeness (QED) is 0.626. The second-order valence-corrected chi connectivity index (χ2v) is 7.06. The van der Waals surface area contributed by atoms with Gasteiger partial charge in [-0.2, -0.15) is 0 Å². The molecule has 7 heteroatoms. The monoisotopic (exact) mass is 351 g/mol. The molecule has 24 heavy (non-hydrogen) atoms. The van der Waals surface area contributed by atoms with E-state index in [1.807, 2.05) is 4.90 Å². The zero-order chi connectivity index (χ0) is 17.1. The van der Waals surface area contributed by atoms with E-state index >= 15 is 0 Å². The number of carbonyl (C=O) groups excluding carboxylic acids is 1. The molecule has 0 aromatic heterocycles. The van der Waals surface area contributed by atoms with Crippen LogP contribution in [0.15, 0.2) is 18.2 Å². The van der Waals surface area contributed by atoms with E-state index in [0.29, 0.717) is 17.6 Å². The van der Waals surface area contributed by atoms with Gasteiger partial charge in [0.05, 0.1) is 15.6 Å². The molecule has 0 bridgehead atoms. The van der Waals surface area contributed by atoms with E-state index in [4.69, 9.17) is 11.6 Å². The van der Waals surface area contributed by atoms with E-state index in [9.17, 15) is 14.9 Å². The Labute approximate surface area is 146 Å². The normalized spacial score (nSPS) is 21.7. The summed E-state index contributed by atoms with van der Waals surface area (Å²) in [5.74, 6) is 0.597. The number of halogens is 1. The number of likely N-dealkylation sites (tertiary alicyclic amines) is 1. The molecule has 1 aromatic carbocycles. The molecule has 0 spiro atoms. The molecule has 1 unspecified atom stereocenters. The van der Waals surface area contributed by atoms with Gasteiger partial charge in [0.25, 0.3) is 5.69 Å². The van der Waals surface area contributed by atoms with Crippen molar-refractivity contribution in [3.63, 3.8) is 0 Å². The highest BCUT2D eigenvalue weighted by atomic mass is 35.5. The van der Waals surface area contributed by atoms with Gasteiger partial charge in [0.2, 0.25) is 0 Å². The molecule has 0 radical (unpaired) electrons. The second-order valence-electron chi connectivity index (χ2n) is 6.65. The summed E-state index contributed by atoms with van der Waals surface area (Å²) in [6, 6.07) is 4.26. The largest absolute Gasteiger partial charge is 0.322 e. The Balaban J connectivity index is 1.68. The summed E-state index contributed by atoms with van der Waals surface area (Å²) >= 11 is 6.07. The molecule has 1 saturated heterocycles. The lowest BCUT2D eigenvalue weighted by Crippen LogP contribution is -2.43. The van der Waals surface area contributed by atoms with Gasteiger partial charge in [-0.1, -0.05) is 30.9 Å². The Kier molecular flexibility index (Phi) is 5.23. The van der Waals surface area contributed by atoms with Crippen LogP contribution in [-0.2, 0) is 0 Å². The molecule has 2 fully saturated rings. The SMILES string of the molecule is O=C(Nc1ccc([N+](=O)[O-])cc1Cl)N1CCCC1C1CCCCC1. The molecule has 1 aliphatic carbocycles. The molecule has 3 rings (SSSR count). The van der Waals surface area contributed by atoms with Crippen molar-refractivity contribution in [2.24, 2.45) is 5.92 Å². The summed E-state index contributed by atoms with van der Waals surface area (Å²) in [4.78, 5) is 24.8. The lowest BCUT2D eigenvalue weighted by molar-refractivity contribution is -0.384. The van der Waals surface area contributed by atoms with E-state index in [-0.39, 0.29) is 16.7 Å². The van der Waals surface area contributed by atoms with Crippen LogP contribution in [0.5, 0.6) is 0 Å². The first-order valence-corrected chi connectivity index (χ1v) is 8.95. The van der Waals surface area contributed by atoms with Crippen molar-refractivity contribution in [2.75, 3.05) is 11.9 Å². The number of benzene rings is 1. The molecular formula is C17H22ClN3O3. The highest BCUT2D eigenvalue weighted by molar-refractivity contribution is 6.33. The van der Waals surface area contributed by atoms with Crippen molar-refractivity contribution < 1.29 is 9.72 Å². The van der Waals surface area contributed by atoms with Crippen LogP contribution < -0.4 is 5.32 Å². The van der Waals surface area contributed by atoms with Crippen LogP contribution in [0.3, 0.4) is 0 Å². The minimum Gasteiger partial charge on any atom is -0.321 e. The van der Waals surface area contributed by atoms with Crippen LogP contribution in [0.1, 0.15) is 44.9 Å². The Morgan fingerprint density at radius 3 is 2.62 bits per heavy atom. The number of nitrogens with zero attached hydrogens (tertiary/aromatic N) is 2. The van der Waals surface area contributed by atoms with Gasteiger partial charge >= 0.3 is 6.03 Å². The van der Waals surface area contributed by atoms with Crippen molar-refractivity contribution in [3.8, 4) is 0 Å². The average Bonchev–Trinajstić information content (AvgIpc) is 3.07. The molecule has 1 aromatic rings. The van der Waals surface area contributed by atoms with E-state index < -0.39 is 4.92 Å². The molecule has 1 atom stereocenters. The Bertz CT molecular complexity index is 632. The number of nitro benzene ring substituents is 1. The maximum atomic E-state index is 12.7. The third-order valence-electron chi connectivity index (χ3n) is 5.16. The van der Waals surface area contributed by atoms with Crippen molar-refractivity contribution in [1.82, 2.24) is 4.90 Å². The summed E-state index contributed by atoms with van der Waals surface area (Å²) in [7, 11) is 0. The number of nitro groups is 1. The lowest BCUT2D eigenvalue weighted by Gasteiger charge is -2.34. The fraction of sp³-hybridized carbons (Fsp3) is 0.588. The van der Waals surface area contributed by atoms with Crippen LogP contribution >= 0.6 is 11.6 Å². The standard InChI is InChI=1S/C17H22ClN3O3/c18-14-11-13(21(23)24)8-9-15(14)19-17(22)20-10-4-7-16(20)12-5-2-1-3-6-12/h8-9,11-12,16H,1-7,10H2,(H,19,22). The number of non-ortho nitro benzene ring substituents is 1. The summed E-state index contributed by atoms with van der Waals surface area (Å²) in [6.07, 6.45) is 8.30. The first-order chi connectivity index (χ1) is 11.6. The Morgan fingerprint density at radius 2 is 1.96 bits per heavy atom. The van der Waals surface area contributed by atoms with E-state index in [2.05, 4.69) is 5.32 Å². The van der Waals surface area contributed by atoms with Crippen molar-refractivity contribution in [3.05, 3.63) is 33.3 Å². The number of amides is 2. The Morgan fingerprint density at radius 1 is 1.21 bits per heavy atom. The molecule has 130 valence electrons. The highest BCUT2D eigenvalue weighted by Crippen LogP contribution is 2.35. The highest BCUT2D eigenvalue weighted by Gasteiger charge is 2.35. The summed E-state index contributed by atoms with van der Waals surface area (Å²) < 4.78 is 0. The lowest BCUT2D eigenvalue weighted by atomic mass is 9.83. The van der Waals surface area contributed by atoms with Crippen molar-refractivity contribution >= 4 is 29.0 Å². The topological polar surface area (TPSA) is 75.5 Å². The fourth-order valence-electron chi connectivity index (χ4n) is 3.96. The average molecular weight is 352 g/mol. The maximum Gasteiger partial charge on any atom is 0.322 e. The molecule has 1 N–H and O–H groups in total. The van der Waals surface area contributed by atoms with Gasteiger partial charge in [0.1, 0.15) is 0 Å². The third kappa shape index (κ3) is 3.64. The number of hydrogen-bond donors (Lipinski definition) is 1. The minimum absolute atomic E-state index is 0.0840. The van der Waals surface area contributed by atoms with Gasteiger partial charge in [-0.05, 0) is 37.7 Å². The predicted molar refractivity (Wildman–Crippen MR) is 93.4 cm³/mol. The van der Waals surface area contributed by atoms with Crippen LogP contribution in [0, 0.1) is 16.0 Å². The fourth-order valence-corrected chi connectivity index (χ4v) is 4.18. The Hall–Kier alpha value is -1.82. The van der Waals surface area contributed by atoms with Gasteiger partial charge in [-0.15, -0.1) is 0 Å². The van der Waals surface area contributed by atoms with Gasteiger partial charge < -0.3 is 10.2 Å². The van der Waals surface area contributed by atoms with E-state index in [1.165, 1.54) is 50.3 Å². The van der Waals surface area contributed by atoms with Crippen LogP contribution in [0.4, 0.5) is 16.2 Å². The molecule has 2 amide bonds. The van der Waals surface area contributed by atoms with E-state index in [0.717, 1.165) is 19.4 Å². The van der Waals surface area contributed by atoms with Crippen LogP contribution in [0.25, 0.3) is 0 Å². The number of hydrogen-bond acceptors (Lipinski definition) is 3.